The third-order valence-corrected chi connectivity index (χ3v) is 7.03. The Balaban J connectivity index is 1.59. The van der Waals surface area contributed by atoms with E-state index in [2.05, 4.69) is 10.0 Å². The Bertz CT molecular complexity index is 1710. The summed E-state index contributed by atoms with van der Waals surface area (Å²) in [5, 5.41) is 3.74. The van der Waals surface area contributed by atoms with Crippen LogP contribution >= 0.6 is 0 Å². The van der Waals surface area contributed by atoms with Crippen molar-refractivity contribution in [2.75, 3.05) is 10.0 Å². The van der Waals surface area contributed by atoms with E-state index in [-0.39, 0.29) is 16.4 Å². The summed E-state index contributed by atoms with van der Waals surface area (Å²) in [5.41, 5.74) is 2.30. The molecule has 1 amide bonds. The molecule has 4 rings (SSSR count). The molecule has 0 aliphatic carbocycles. The third-order valence-electron chi connectivity index (χ3n) is 5.59. The number of rotatable bonds is 8. The van der Waals surface area contributed by atoms with Gasteiger partial charge in [0.25, 0.3) is 10.0 Å². The average molecular weight is 559 g/mol. The molecule has 0 aromatic heterocycles. The van der Waals surface area contributed by atoms with E-state index >= 15 is 0 Å². The number of hydrogen-bond acceptors (Lipinski definition) is 7. The Hall–Kier alpha value is -4.96. The summed E-state index contributed by atoms with van der Waals surface area (Å²) < 4.78 is 39.2. The van der Waals surface area contributed by atoms with E-state index in [1.807, 2.05) is 19.1 Å². The molecule has 0 spiro atoms. The van der Waals surface area contributed by atoms with E-state index in [1.54, 1.807) is 42.5 Å². The number of benzene rings is 4. The van der Waals surface area contributed by atoms with Gasteiger partial charge in [-0.15, -0.1) is 0 Å². The Morgan fingerprint density at radius 2 is 1.38 bits per heavy atom. The molecular formula is C30H26N2O7S. The maximum atomic E-state index is 13.2. The van der Waals surface area contributed by atoms with Crippen LogP contribution < -0.4 is 19.5 Å². The summed E-state index contributed by atoms with van der Waals surface area (Å²) in [5.74, 6) is -1.31. The zero-order chi connectivity index (χ0) is 28.9. The number of carbonyl (C=O) groups excluding carboxylic acids is 3. The van der Waals surface area contributed by atoms with Gasteiger partial charge in [-0.25, -0.2) is 8.42 Å². The summed E-state index contributed by atoms with van der Waals surface area (Å²) in [6.07, 6.45) is 2.71. The normalized spacial score (nSPS) is 11.3. The average Bonchev–Trinajstić information content (AvgIpc) is 2.88. The van der Waals surface area contributed by atoms with Crippen LogP contribution in [-0.4, -0.2) is 26.3 Å². The maximum Gasteiger partial charge on any atom is 0.308 e. The quantitative estimate of drug-likeness (QED) is 0.167. The third kappa shape index (κ3) is 7.12. The van der Waals surface area contributed by atoms with Gasteiger partial charge in [-0.3, -0.25) is 19.1 Å². The van der Waals surface area contributed by atoms with Crippen LogP contribution in [0.25, 0.3) is 16.8 Å². The molecule has 0 fully saturated rings. The van der Waals surface area contributed by atoms with Crippen LogP contribution in [-0.2, 0) is 24.4 Å². The Morgan fingerprint density at radius 3 is 2.00 bits per heavy atom. The first-order chi connectivity index (χ1) is 19.0. The van der Waals surface area contributed by atoms with Crippen LogP contribution in [0.5, 0.6) is 11.5 Å². The molecule has 4 aromatic carbocycles. The van der Waals surface area contributed by atoms with Crippen LogP contribution in [0.2, 0.25) is 0 Å². The fourth-order valence-corrected chi connectivity index (χ4v) is 5.22. The van der Waals surface area contributed by atoms with Gasteiger partial charge in [0.2, 0.25) is 5.91 Å². The highest BCUT2D eigenvalue weighted by Crippen LogP contribution is 2.30. The summed E-state index contributed by atoms with van der Waals surface area (Å²) in [7, 11) is -3.92. The van der Waals surface area contributed by atoms with Crippen LogP contribution in [0.1, 0.15) is 25.0 Å². The van der Waals surface area contributed by atoms with Gasteiger partial charge < -0.3 is 14.8 Å². The van der Waals surface area contributed by atoms with Crippen LogP contribution in [0.4, 0.5) is 11.4 Å². The summed E-state index contributed by atoms with van der Waals surface area (Å²) in [6, 6.07) is 21.2. The molecule has 0 bridgehead atoms. The number of aryl methyl sites for hydroxylation is 1. The summed E-state index contributed by atoms with van der Waals surface area (Å²) >= 11 is 0. The SMILES string of the molecule is CC(=O)Oc1cc(C=CC(=O)Nc2cccc3c(S(=O)(=O)Nc4ccc(C)cc4)cccc23)cc(OC(C)=O)c1. The van der Waals surface area contributed by atoms with Crippen LogP contribution in [0.15, 0.2) is 89.8 Å². The predicted octanol–water partition coefficient (Wildman–Crippen LogP) is 5.45. The fourth-order valence-electron chi connectivity index (χ4n) is 3.94. The molecule has 9 nitrogen and oxygen atoms in total. The molecule has 40 heavy (non-hydrogen) atoms. The molecule has 2 N–H and O–H groups in total. The largest absolute Gasteiger partial charge is 0.427 e. The monoisotopic (exact) mass is 558 g/mol. The highest BCUT2D eigenvalue weighted by Gasteiger charge is 2.19. The van der Waals surface area contributed by atoms with E-state index < -0.39 is 27.9 Å². The summed E-state index contributed by atoms with van der Waals surface area (Å²) in [4.78, 5) is 35.6. The lowest BCUT2D eigenvalue weighted by Gasteiger charge is -2.13. The Labute approximate surface area is 231 Å². The van der Waals surface area contributed by atoms with Crippen molar-refractivity contribution in [3.63, 3.8) is 0 Å². The number of sulfonamides is 1. The van der Waals surface area contributed by atoms with Gasteiger partial charge in [0.1, 0.15) is 11.5 Å². The number of esters is 2. The number of hydrogen-bond donors (Lipinski definition) is 2. The number of anilines is 2. The molecule has 0 unspecified atom stereocenters. The first kappa shape index (κ1) is 28.1. The molecular weight excluding hydrogens is 532 g/mol. The lowest BCUT2D eigenvalue weighted by atomic mass is 10.1. The molecule has 0 aliphatic rings. The van der Waals surface area contributed by atoms with E-state index in [1.165, 1.54) is 50.3 Å². The zero-order valence-corrected chi connectivity index (χ0v) is 22.7. The van der Waals surface area contributed by atoms with Gasteiger partial charge in [0.05, 0.1) is 4.90 Å². The number of amides is 1. The van der Waals surface area contributed by atoms with Crippen molar-refractivity contribution in [2.24, 2.45) is 0 Å². The van der Waals surface area contributed by atoms with Gasteiger partial charge in [0.15, 0.2) is 0 Å². The second-order valence-electron chi connectivity index (χ2n) is 8.88. The standard InChI is InChI=1S/C30H26N2O7S/c1-19-10-13-23(14-11-19)32-40(36,37)29-9-5-6-26-27(29)7-4-8-28(26)31-30(35)15-12-22-16-24(38-20(2)33)18-25(17-22)39-21(3)34/h4-18,32H,1-3H3,(H,31,35). The highest BCUT2D eigenvalue weighted by atomic mass is 32.2. The van der Waals surface area contributed by atoms with Gasteiger partial charge in [-0.05, 0) is 55.0 Å². The first-order valence-corrected chi connectivity index (χ1v) is 13.6. The molecule has 4 aromatic rings. The molecule has 0 aliphatic heterocycles. The highest BCUT2D eigenvalue weighted by molar-refractivity contribution is 7.93. The smallest absolute Gasteiger partial charge is 0.308 e. The van der Waals surface area contributed by atoms with E-state index in [4.69, 9.17) is 9.47 Å². The molecule has 10 heteroatoms. The number of fused-ring (bicyclic) bond motifs is 1. The predicted molar refractivity (Wildman–Crippen MR) is 153 cm³/mol. The fraction of sp³-hybridized carbons (Fsp3) is 0.100. The van der Waals surface area contributed by atoms with Crippen molar-refractivity contribution in [2.45, 2.75) is 25.7 Å². The zero-order valence-electron chi connectivity index (χ0n) is 21.9. The molecule has 0 radical (unpaired) electrons. The van der Waals surface area contributed by atoms with Gasteiger partial charge >= 0.3 is 11.9 Å². The van der Waals surface area contributed by atoms with Gasteiger partial charge in [-0.1, -0.05) is 42.0 Å². The topological polar surface area (TPSA) is 128 Å². The minimum Gasteiger partial charge on any atom is -0.427 e. The van der Waals surface area contributed by atoms with Gasteiger partial charge in [0, 0.05) is 48.1 Å². The number of ether oxygens (including phenoxy) is 2. The molecule has 204 valence electrons. The Kier molecular flexibility index (Phi) is 8.30. The van der Waals surface area contributed by atoms with Crippen molar-refractivity contribution in [1.82, 2.24) is 0 Å². The van der Waals surface area contributed by atoms with E-state index in [0.717, 1.165) is 5.56 Å². The lowest BCUT2D eigenvalue weighted by Crippen LogP contribution is -2.14. The number of nitrogens with one attached hydrogen (secondary N) is 2. The molecule has 0 heterocycles. The second-order valence-corrected chi connectivity index (χ2v) is 10.5. The second kappa shape index (κ2) is 11.8. The maximum absolute atomic E-state index is 13.2. The van der Waals surface area contributed by atoms with Crippen LogP contribution in [0, 0.1) is 6.92 Å². The summed E-state index contributed by atoms with van der Waals surface area (Å²) in [6.45, 7) is 4.39. The first-order valence-electron chi connectivity index (χ1n) is 12.1. The van der Waals surface area contributed by atoms with Crippen molar-refractivity contribution < 1.29 is 32.3 Å². The van der Waals surface area contributed by atoms with E-state index in [9.17, 15) is 22.8 Å². The number of carbonyl (C=O) groups is 3. The van der Waals surface area contributed by atoms with Crippen LogP contribution in [0.3, 0.4) is 0 Å². The van der Waals surface area contributed by atoms with Crippen molar-refractivity contribution >= 4 is 56.1 Å². The lowest BCUT2D eigenvalue weighted by molar-refractivity contribution is -0.132. The minimum atomic E-state index is -3.92. The van der Waals surface area contributed by atoms with Crippen molar-refractivity contribution in [3.05, 3.63) is 96.1 Å². The Morgan fingerprint density at radius 1 is 0.775 bits per heavy atom. The molecule has 0 atom stereocenters. The van der Waals surface area contributed by atoms with Crippen molar-refractivity contribution in [3.8, 4) is 11.5 Å². The molecule has 0 saturated heterocycles. The minimum absolute atomic E-state index is 0.0671. The van der Waals surface area contributed by atoms with Gasteiger partial charge in [-0.2, -0.15) is 0 Å². The molecule has 0 saturated carbocycles. The van der Waals surface area contributed by atoms with E-state index in [0.29, 0.717) is 27.7 Å². The van der Waals surface area contributed by atoms with Crippen molar-refractivity contribution in [1.29, 1.82) is 0 Å².